The maximum absolute atomic E-state index is 13.4. The van der Waals surface area contributed by atoms with Crippen LogP contribution in [0.15, 0.2) is 10.7 Å². The van der Waals surface area contributed by atoms with Crippen LogP contribution in [0, 0.1) is 5.92 Å². The Morgan fingerprint density at radius 1 is 1.58 bits per heavy atom. The first kappa shape index (κ1) is 14.9. The molecule has 108 valence electrons. The van der Waals surface area contributed by atoms with E-state index in [1.807, 2.05) is 18.5 Å². The van der Waals surface area contributed by atoms with Gasteiger partial charge in [0.05, 0.1) is 22.4 Å². The fraction of sp³-hybridized carbons (Fsp3) is 0.750. The van der Waals surface area contributed by atoms with E-state index in [4.69, 9.17) is 5.84 Å². The Balaban J connectivity index is 2.30. The third kappa shape index (κ3) is 2.98. The highest BCUT2D eigenvalue weighted by atomic mass is 79.9. The molecule has 2 atom stereocenters. The molecular formula is C12H19BrF2N4. The molecule has 0 bridgehead atoms. The van der Waals surface area contributed by atoms with E-state index in [-0.39, 0.29) is 30.8 Å². The van der Waals surface area contributed by atoms with E-state index in [1.165, 1.54) is 0 Å². The van der Waals surface area contributed by atoms with Gasteiger partial charge in [-0.25, -0.2) is 8.78 Å². The van der Waals surface area contributed by atoms with E-state index in [0.717, 1.165) is 10.2 Å². The van der Waals surface area contributed by atoms with Gasteiger partial charge in [-0.3, -0.25) is 16.0 Å². The molecule has 1 aromatic rings. The van der Waals surface area contributed by atoms with E-state index in [2.05, 4.69) is 26.5 Å². The molecule has 4 nitrogen and oxygen atoms in total. The average molecular weight is 337 g/mol. The lowest BCUT2D eigenvalue weighted by Crippen LogP contribution is -2.35. The maximum Gasteiger partial charge on any atom is 0.248 e. The van der Waals surface area contributed by atoms with Crippen LogP contribution in [-0.4, -0.2) is 15.7 Å². The zero-order chi connectivity index (χ0) is 14.2. The zero-order valence-corrected chi connectivity index (χ0v) is 12.6. The standard InChI is InChI=1S/C12H19BrF2N4/c1-7(2)19-11(9(13)6-17-19)10(18-16)8-3-4-12(14,15)5-8/h6-8,10,18H,3-5,16H2,1-2H3. The number of nitrogens with one attached hydrogen (secondary N) is 1. The van der Waals surface area contributed by atoms with Gasteiger partial charge in [-0.15, -0.1) is 0 Å². The Morgan fingerprint density at radius 3 is 2.74 bits per heavy atom. The Bertz CT molecular complexity index is 447. The second kappa shape index (κ2) is 5.46. The van der Waals surface area contributed by atoms with Crippen LogP contribution in [0.4, 0.5) is 8.78 Å². The number of halogens is 3. The summed E-state index contributed by atoms with van der Waals surface area (Å²) in [5.74, 6) is 2.86. The summed E-state index contributed by atoms with van der Waals surface area (Å²) in [6, 6.07) is -0.160. The summed E-state index contributed by atoms with van der Waals surface area (Å²) in [5.41, 5.74) is 3.54. The third-order valence-electron chi connectivity index (χ3n) is 3.66. The molecule has 0 radical (unpaired) electrons. The van der Waals surface area contributed by atoms with Crippen LogP contribution in [0.2, 0.25) is 0 Å². The summed E-state index contributed by atoms with van der Waals surface area (Å²) in [6.07, 6.45) is 1.96. The summed E-state index contributed by atoms with van der Waals surface area (Å²) in [7, 11) is 0. The van der Waals surface area contributed by atoms with Gasteiger partial charge in [-0.05, 0) is 42.1 Å². The van der Waals surface area contributed by atoms with Crippen LogP contribution >= 0.6 is 15.9 Å². The van der Waals surface area contributed by atoms with E-state index < -0.39 is 5.92 Å². The van der Waals surface area contributed by atoms with E-state index in [9.17, 15) is 8.78 Å². The van der Waals surface area contributed by atoms with Gasteiger partial charge in [0.15, 0.2) is 0 Å². The summed E-state index contributed by atoms with van der Waals surface area (Å²) < 4.78 is 29.4. The minimum absolute atomic E-state index is 0.0662. The summed E-state index contributed by atoms with van der Waals surface area (Å²) >= 11 is 3.44. The Morgan fingerprint density at radius 2 is 2.26 bits per heavy atom. The number of hydrogen-bond donors (Lipinski definition) is 2. The third-order valence-corrected chi connectivity index (χ3v) is 4.27. The van der Waals surface area contributed by atoms with Crippen molar-refractivity contribution in [3.63, 3.8) is 0 Å². The molecule has 1 heterocycles. The average Bonchev–Trinajstić information content (AvgIpc) is 2.85. The number of nitrogens with zero attached hydrogens (tertiary/aromatic N) is 2. The molecule has 1 aromatic heterocycles. The monoisotopic (exact) mass is 336 g/mol. The topological polar surface area (TPSA) is 55.9 Å². The predicted molar refractivity (Wildman–Crippen MR) is 72.7 cm³/mol. The minimum atomic E-state index is -2.57. The van der Waals surface area contributed by atoms with Crippen molar-refractivity contribution in [2.45, 2.75) is 51.1 Å². The Hall–Kier alpha value is -0.530. The normalized spacial score (nSPS) is 24.1. The molecule has 3 N–H and O–H groups in total. The number of alkyl halides is 2. The van der Waals surface area contributed by atoms with Gasteiger partial charge in [0, 0.05) is 18.9 Å². The van der Waals surface area contributed by atoms with Crippen molar-refractivity contribution in [2.75, 3.05) is 0 Å². The molecule has 1 fully saturated rings. The van der Waals surface area contributed by atoms with Gasteiger partial charge < -0.3 is 0 Å². The van der Waals surface area contributed by atoms with Crippen LogP contribution in [0.5, 0.6) is 0 Å². The van der Waals surface area contributed by atoms with Crippen molar-refractivity contribution in [2.24, 2.45) is 11.8 Å². The van der Waals surface area contributed by atoms with Gasteiger partial charge in [-0.1, -0.05) is 0 Å². The molecule has 19 heavy (non-hydrogen) atoms. The van der Waals surface area contributed by atoms with E-state index in [1.54, 1.807) is 6.20 Å². The van der Waals surface area contributed by atoms with E-state index in [0.29, 0.717) is 6.42 Å². The van der Waals surface area contributed by atoms with Crippen LogP contribution in [-0.2, 0) is 0 Å². The second-order valence-electron chi connectivity index (χ2n) is 5.42. The van der Waals surface area contributed by atoms with Gasteiger partial charge in [0.1, 0.15) is 0 Å². The van der Waals surface area contributed by atoms with Crippen LogP contribution in [0.3, 0.4) is 0 Å². The SMILES string of the molecule is CC(C)n1ncc(Br)c1C(NN)C1CCC(F)(F)C1. The molecule has 2 rings (SSSR count). The number of aromatic nitrogens is 2. The Kier molecular flexibility index (Phi) is 4.27. The molecule has 7 heteroatoms. The van der Waals surface area contributed by atoms with Crippen molar-refractivity contribution < 1.29 is 8.78 Å². The first-order valence-electron chi connectivity index (χ1n) is 6.42. The fourth-order valence-electron chi connectivity index (χ4n) is 2.76. The summed E-state index contributed by atoms with van der Waals surface area (Å²) in [5, 5.41) is 4.28. The van der Waals surface area contributed by atoms with Crippen molar-refractivity contribution in [1.29, 1.82) is 0 Å². The van der Waals surface area contributed by atoms with Crippen molar-refractivity contribution in [3.05, 3.63) is 16.4 Å². The summed E-state index contributed by atoms with van der Waals surface area (Å²) in [6.45, 7) is 4.00. The molecule has 0 amide bonds. The molecule has 1 aliphatic carbocycles. The van der Waals surface area contributed by atoms with Gasteiger partial charge in [0.25, 0.3) is 0 Å². The number of hydrazine groups is 1. The minimum Gasteiger partial charge on any atom is -0.271 e. The first-order valence-corrected chi connectivity index (χ1v) is 7.22. The van der Waals surface area contributed by atoms with Crippen LogP contribution < -0.4 is 11.3 Å². The smallest absolute Gasteiger partial charge is 0.248 e. The van der Waals surface area contributed by atoms with E-state index >= 15 is 0 Å². The molecule has 2 unspecified atom stereocenters. The second-order valence-corrected chi connectivity index (χ2v) is 6.27. The quantitative estimate of drug-likeness (QED) is 0.655. The van der Waals surface area contributed by atoms with Gasteiger partial charge >= 0.3 is 0 Å². The molecule has 0 spiro atoms. The molecule has 1 saturated carbocycles. The molecule has 0 saturated heterocycles. The number of rotatable bonds is 4. The number of nitrogens with two attached hydrogens (primary N) is 1. The van der Waals surface area contributed by atoms with Crippen LogP contribution in [0.1, 0.15) is 50.9 Å². The lowest BCUT2D eigenvalue weighted by molar-refractivity contribution is 0.00309. The highest BCUT2D eigenvalue weighted by Gasteiger charge is 2.43. The van der Waals surface area contributed by atoms with Crippen molar-refractivity contribution in [1.82, 2.24) is 15.2 Å². The lowest BCUT2D eigenvalue weighted by Gasteiger charge is -2.25. The fourth-order valence-corrected chi connectivity index (χ4v) is 3.28. The molecule has 1 aliphatic rings. The largest absolute Gasteiger partial charge is 0.271 e. The van der Waals surface area contributed by atoms with Crippen LogP contribution in [0.25, 0.3) is 0 Å². The summed E-state index contributed by atoms with van der Waals surface area (Å²) in [4.78, 5) is 0. The lowest BCUT2D eigenvalue weighted by atomic mass is 9.95. The van der Waals surface area contributed by atoms with Gasteiger partial charge in [-0.2, -0.15) is 5.10 Å². The highest BCUT2D eigenvalue weighted by Crippen LogP contribution is 2.45. The van der Waals surface area contributed by atoms with Crippen molar-refractivity contribution >= 4 is 15.9 Å². The molecule has 0 aliphatic heterocycles. The maximum atomic E-state index is 13.4. The number of hydrogen-bond acceptors (Lipinski definition) is 3. The molecular weight excluding hydrogens is 318 g/mol. The predicted octanol–water partition coefficient (Wildman–Crippen LogP) is 3.17. The highest BCUT2D eigenvalue weighted by molar-refractivity contribution is 9.10. The van der Waals surface area contributed by atoms with Crippen molar-refractivity contribution in [3.8, 4) is 0 Å². The Labute approximate surface area is 119 Å². The first-order chi connectivity index (χ1) is 8.85. The molecule has 0 aromatic carbocycles. The zero-order valence-electron chi connectivity index (χ0n) is 11.0. The van der Waals surface area contributed by atoms with Gasteiger partial charge in [0.2, 0.25) is 5.92 Å².